The van der Waals surface area contributed by atoms with Crippen molar-refractivity contribution in [2.45, 2.75) is 31.8 Å². The van der Waals surface area contributed by atoms with Crippen LogP contribution in [0.25, 0.3) is 22.4 Å². The molecule has 0 bridgehead atoms. The number of carbonyl (C=O) groups is 1. The average molecular weight is 470 g/mol. The Bertz CT molecular complexity index is 1260. The Kier molecular flexibility index (Phi) is 4.62. The predicted octanol–water partition coefficient (Wildman–Crippen LogP) is 4.21. The molecule has 1 aromatic carbocycles. The minimum Gasteiger partial charge on any atom is -0.481 e. The Morgan fingerprint density at radius 1 is 1.23 bits per heavy atom. The van der Waals surface area contributed by atoms with E-state index in [2.05, 4.69) is 30.5 Å². The number of imidazole rings is 2. The number of hydrogen-bond acceptors (Lipinski definition) is 4. The molecule has 0 spiro atoms. The van der Waals surface area contributed by atoms with E-state index < -0.39 is 5.97 Å². The minimum atomic E-state index is -0.909. The molecule has 3 aromatic heterocycles. The van der Waals surface area contributed by atoms with Gasteiger partial charge in [-0.15, -0.1) is 0 Å². The van der Waals surface area contributed by atoms with Gasteiger partial charge in [0.15, 0.2) is 0 Å². The first-order chi connectivity index (χ1) is 14.5. The van der Waals surface area contributed by atoms with Crippen molar-refractivity contribution in [3.05, 3.63) is 64.7 Å². The number of nitrogens with zero attached hydrogens (tertiary/aromatic N) is 5. The number of pyridine rings is 1. The van der Waals surface area contributed by atoms with Crippen molar-refractivity contribution in [3.63, 3.8) is 0 Å². The summed E-state index contributed by atoms with van der Waals surface area (Å²) in [5.41, 5.74) is 3.74. The lowest BCUT2D eigenvalue weighted by atomic mass is 10.2. The van der Waals surface area contributed by atoms with Crippen LogP contribution >= 0.6 is 15.9 Å². The maximum absolute atomic E-state index is 14.1. The summed E-state index contributed by atoms with van der Waals surface area (Å²) in [5, 5.41) is 8.86. The van der Waals surface area contributed by atoms with Gasteiger partial charge in [-0.3, -0.25) is 9.78 Å². The van der Waals surface area contributed by atoms with Crippen molar-refractivity contribution in [1.29, 1.82) is 0 Å². The molecule has 1 aliphatic carbocycles. The quantitative estimate of drug-likeness (QED) is 0.457. The molecule has 0 radical (unpaired) electrons. The van der Waals surface area contributed by atoms with Gasteiger partial charge in [0.2, 0.25) is 0 Å². The van der Waals surface area contributed by atoms with Gasteiger partial charge >= 0.3 is 5.97 Å². The first-order valence-corrected chi connectivity index (χ1v) is 10.3. The molecular formula is C21H17BrFN5O2. The van der Waals surface area contributed by atoms with E-state index >= 15 is 0 Å². The van der Waals surface area contributed by atoms with Gasteiger partial charge in [-0.2, -0.15) is 0 Å². The first-order valence-electron chi connectivity index (χ1n) is 9.52. The maximum Gasteiger partial charge on any atom is 0.309 e. The average Bonchev–Trinajstić information content (AvgIpc) is 3.35. The number of hydrogen-bond donors (Lipinski definition) is 1. The Morgan fingerprint density at radius 2 is 2.07 bits per heavy atom. The molecule has 7 nitrogen and oxygen atoms in total. The van der Waals surface area contributed by atoms with Gasteiger partial charge in [-0.05, 0) is 47.0 Å². The first kappa shape index (κ1) is 18.9. The van der Waals surface area contributed by atoms with E-state index in [0.717, 1.165) is 41.0 Å². The molecule has 1 aliphatic rings. The highest BCUT2D eigenvalue weighted by Gasteiger charge is 2.29. The summed E-state index contributed by atoms with van der Waals surface area (Å²) < 4.78 is 18.4. The van der Waals surface area contributed by atoms with Crippen LogP contribution in [0.15, 0.2) is 47.5 Å². The molecule has 0 aliphatic heterocycles. The summed E-state index contributed by atoms with van der Waals surface area (Å²) in [6.07, 6.45) is 7.10. The third-order valence-electron chi connectivity index (χ3n) is 5.09. The summed E-state index contributed by atoms with van der Waals surface area (Å²) in [6, 6.07) is 7.46. The SMILES string of the molecule is O=C(O)Cc1cn(Cc2ccc(-c3nc4cc(Br)c(F)cc4n3C3CC3)cn2)cn1. The molecule has 1 N–H and O–H groups in total. The van der Waals surface area contributed by atoms with Crippen LogP contribution in [-0.4, -0.2) is 35.2 Å². The van der Waals surface area contributed by atoms with Crippen LogP contribution in [0, 0.1) is 5.82 Å². The van der Waals surface area contributed by atoms with Crippen molar-refractivity contribution in [3.8, 4) is 11.4 Å². The number of carboxylic acids is 1. The molecular weight excluding hydrogens is 453 g/mol. The summed E-state index contributed by atoms with van der Waals surface area (Å²) in [4.78, 5) is 24.2. The van der Waals surface area contributed by atoms with Crippen LogP contribution in [0.2, 0.25) is 0 Å². The van der Waals surface area contributed by atoms with Gasteiger partial charge in [0.05, 0.1) is 46.2 Å². The van der Waals surface area contributed by atoms with Crippen molar-refractivity contribution < 1.29 is 14.3 Å². The van der Waals surface area contributed by atoms with Crippen LogP contribution < -0.4 is 0 Å². The number of carboxylic acid groups (broad SMARTS) is 1. The van der Waals surface area contributed by atoms with Gasteiger partial charge in [-0.1, -0.05) is 0 Å². The van der Waals surface area contributed by atoms with Crippen LogP contribution in [0.3, 0.4) is 0 Å². The Morgan fingerprint density at radius 3 is 2.77 bits per heavy atom. The summed E-state index contributed by atoms with van der Waals surface area (Å²) in [7, 11) is 0. The Hall–Kier alpha value is -3.07. The molecule has 30 heavy (non-hydrogen) atoms. The van der Waals surface area contributed by atoms with Gasteiger partial charge < -0.3 is 14.2 Å². The minimum absolute atomic E-state index is 0.104. The molecule has 1 fully saturated rings. The predicted molar refractivity (Wildman–Crippen MR) is 112 cm³/mol. The standard InChI is InChI=1S/C21H17BrFN5O2/c22-16-6-18-19(7-17(16)23)28(15-3-4-15)21(26-18)12-1-2-13(24-8-12)9-27-10-14(25-11-27)5-20(29)30/h1-2,6-8,10-11,15H,3-5,9H2,(H,29,30). The largest absolute Gasteiger partial charge is 0.481 e. The van der Waals surface area contributed by atoms with Crippen molar-refractivity contribution >= 4 is 32.9 Å². The molecule has 0 saturated heterocycles. The van der Waals surface area contributed by atoms with Gasteiger partial charge in [0.1, 0.15) is 11.6 Å². The fourth-order valence-electron chi connectivity index (χ4n) is 3.57. The lowest BCUT2D eigenvalue weighted by Crippen LogP contribution is -2.02. The van der Waals surface area contributed by atoms with Crippen molar-refractivity contribution in [1.82, 2.24) is 24.1 Å². The van der Waals surface area contributed by atoms with E-state index in [0.29, 0.717) is 22.8 Å². The number of aromatic nitrogens is 5. The number of benzene rings is 1. The third-order valence-corrected chi connectivity index (χ3v) is 5.70. The zero-order valence-electron chi connectivity index (χ0n) is 15.8. The highest BCUT2D eigenvalue weighted by Crippen LogP contribution is 2.41. The van der Waals surface area contributed by atoms with Crippen LogP contribution in [0.4, 0.5) is 4.39 Å². The fourth-order valence-corrected chi connectivity index (χ4v) is 3.90. The number of rotatable bonds is 6. The second kappa shape index (κ2) is 7.32. The second-order valence-electron chi connectivity index (χ2n) is 7.44. The Labute approximate surface area is 179 Å². The van der Waals surface area contributed by atoms with E-state index in [4.69, 9.17) is 10.1 Å². The van der Waals surface area contributed by atoms with Gasteiger partial charge in [-0.25, -0.2) is 14.4 Å². The molecule has 0 atom stereocenters. The van der Waals surface area contributed by atoms with Crippen LogP contribution in [0.1, 0.15) is 30.3 Å². The summed E-state index contributed by atoms with van der Waals surface area (Å²) in [6.45, 7) is 0.490. The zero-order valence-corrected chi connectivity index (χ0v) is 17.4. The molecule has 5 rings (SSSR count). The maximum atomic E-state index is 14.1. The number of fused-ring (bicyclic) bond motifs is 1. The lowest BCUT2D eigenvalue weighted by Gasteiger charge is -2.08. The van der Waals surface area contributed by atoms with E-state index in [1.807, 2.05) is 12.1 Å². The van der Waals surface area contributed by atoms with E-state index in [1.165, 1.54) is 6.07 Å². The molecule has 3 heterocycles. The molecule has 9 heteroatoms. The van der Waals surface area contributed by atoms with Crippen molar-refractivity contribution in [2.24, 2.45) is 0 Å². The van der Waals surface area contributed by atoms with Crippen LogP contribution in [-0.2, 0) is 17.8 Å². The molecule has 0 unspecified atom stereocenters. The summed E-state index contributed by atoms with van der Waals surface area (Å²) >= 11 is 3.24. The summed E-state index contributed by atoms with van der Waals surface area (Å²) in [5.74, 6) is -0.421. The van der Waals surface area contributed by atoms with Crippen molar-refractivity contribution in [2.75, 3.05) is 0 Å². The lowest BCUT2D eigenvalue weighted by molar-refractivity contribution is -0.136. The molecule has 152 valence electrons. The normalized spacial score (nSPS) is 13.8. The molecule has 0 amide bonds. The molecule has 4 aromatic rings. The smallest absolute Gasteiger partial charge is 0.309 e. The number of halogens is 2. The van der Waals surface area contributed by atoms with Crippen LogP contribution in [0.5, 0.6) is 0 Å². The van der Waals surface area contributed by atoms with Gasteiger partial charge in [0, 0.05) is 30.1 Å². The van der Waals surface area contributed by atoms with E-state index in [9.17, 15) is 9.18 Å². The monoisotopic (exact) mass is 469 g/mol. The highest BCUT2D eigenvalue weighted by atomic mass is 79.9. The number of aliphatic carboxylic acids is 1. The molecule has 1 saturated carbocycles. The van der Waals surface area contributed by atoms with E-state index in [-0.39, 0.29) is 12.2 Å². The third kappa shape index (κ3) is 3.60. The van der Waals surface area contributed by atoms with E-state index in [1.54, 1.807) is 29.4 Å². The van der Waals surface area contributed by atoms with Gasteiger partial charge in [0.25, 0.3) is 0 Å². The Balaban J connectivity index is 1.44. The topological polar surface area (TPSA) is 85.8 Å². The zero-order chi connectivity index (χ0) is 20.8. The second-order valence-corrected chi connectivity index (χ2v) is 8.29. The fraction of sp³-hybridized carbons (Fsp3) is 0.238. The highest BCUT2D eigenvalue weighted by molar-refractivity contribution is 9.10.